The lowest BCUT2D eigenvalue weighted by Crippen LogP contribution is -2.26. The molecule has 4 heteroatoms. The van der Waals surface area contributed by atoms with Gasteiger partial charge in [0.2, 0.25) is 5.91 Å². The summed E-state index contributed by atoms with van der Waals surface area (Å²) in [6.45, 7) is 2.86. The Labute approximate surface area is 110 Å². The second-order valence-electron chi connectivity index (χ2n) is 4.52. The van der Waals surface area contributed by atoms with Gasteiger partial charge < -0.3 is 10.6 Å². The number of rotatable bonds is 2. The Kier molecular flexibility index (Phi) is 4.05. The fourth-order valence-corrected chi connectivity index (χ4v) is 2.66. The van der Waals surface area contributed by atoms with E-state index in [1.165, 1.54) is 5.56 Å². The summed E-state index contributed by atoms with van der Waals surface area (Å²) in [5.74, 6) is 0.142. The van der Waals surface area contributed by atoms with Crippen molar-refractivity contribution in [2.75, 3.05) is 11.9 Å². The third kappa shape index (κ3) is 3.46. The summed E-state index contributed by atoms with van der Waals surface area (Å²) >= 11 is 3.55. The molecule has 0 spiro atoms. The first kappa shape index (κ1) is 12.4. The number of aryl methyl sites for hydroxylation is 1. The van der Waals surface area contributed by atoms with Crippen LogP contribution in [0.15, 0.2) is 22.7 Å². The van der Waals surface area contributed by atoms with Crippen molar-refractivity contribution in [3.05, 3.63) is 28.2 Å². The van der Waals surface area contributed by atoms with E-state index < -0.39 is 0 Å². The summed E-state index contributed by atoms with van der Waals surface area (Å²) < 4.78 is 1.06. The average Bonchev–Trinajstić information content (AvgIpc) is 2.47. The number of carbonyl (C=O) groups excluding carboxylic acids is 1. The van der Waals surface area contributed by atoms with Crippen LogP contribution in [0.1, 0.15) is 24.8 Å². The zero-order valence-electron chi connectivity index (χ0n) is 9.92. The van der Waals surface area contributed by atoms with E-state index in [2.05, 4.69) is 51.7 Å². The molecular formula is C13H17BrN2O. The van der Waals surface area contributed by atoms with Crippen LogP contribution in [0.3, 0.4) is 0 Å². The summed E-state index contributed by atoms with van der Waals surface area (Å²) in [6, 6.07) is 6.45. The quantitative estimate of drug-likeness (QED) is 0.881. The molecule has 1 unspecified atom stereocenters. The number of halogens is 1. The van der Waals surface area contributed by atoms with Crippen LogP contribution in [0.4, 0.5) is 5.69 Å². The van der Waals surface area contributed by atoms with Crippen molar-refractivity contribution in [1.82, 2.24) is 5.32 Å². The normalized spacial score (nSPS) is 20.6. The first-order chi connectivity index (χ1) is 8.15. The van der Waals surface area contributed by atoms with Gasteiger partial charge >= 0.3 is 0 Å². The minimum absolute atomic E-state index is 0.142. The molecule has 1 fully saturated rings. The zero-order chi connectivity index (χ0) is 12.3. The van der Waals surface area contributed by atoms with Crippen molar-refractivity contribution in [2.45, 2.75) is 32.2 Å². The third-order valence-corrected chi connectivity index (χ3v) is 3.62. The van der Waals surface area contributed by atoms with Crippen molar-refractivity contribution in [3.63, 3.8) is 0 Å². The molecule has 0 aliphatic carbocycles. The van der Waals surface area contributed by atoms with Gasteiger partial charge in [-0.25, -0.2) is 0 Å². The van der Waals surface area contributed by atoms with Gasteiger partial charge in [-0.3, -0.25) is 4.79 Å². The largest absolute Gasteiger partial charge is 0.381 e. The predicted molar refractivity (Wildman–Crippen MR) is 73.2 cm³/mol. The van der Waals surface area contributed by atoms with Gasteiger partial charge in [-0.15, -0.1) is 0 Å². The molecule has 2 rings (SSSR count). The van der Waals surface area contributed by atoms with Gasteiger partial charge in [0, 0.05) is 29.2 Å². The van der Waals surface area contributed by atoms with Crippen molar-refractivity contribution in [2.24, 2.45) is 0 Å². The minimum atomic E-state index is 0.142. The van der Waals surface area contributed by atoms with Crippen LogP contribution in [0.25, 0.3) is 0 Å². The van der Waals surface area contributed by atoms with Crippen molar-refractivity contribution >= 4 is 27.5 Å². The van der Waals surface area contributed by atoms with Gasteiger partial charge in [0.15, 0.2) is 0 Å². The molecule has 0 saturated carbocycles. The maximum absolute atomic E-state index is 11.5. The molecule has 0 radical (unpaired) electrons. The average molecular weight is 297 g/mol. The Balaban J connectivity index is 2.06. The molecule has 0 aromatic heterocycles. The van der Waals surface area contributed by atoms with Crippen LogP contribution < -0.4 is 10.6 Å². The van der Waals surface area contributed by atoms with Gasteiger partial charge in [0.25, 0.3) is 0 Å². The Morgan fingerprint density at radius 1 is 1.47 bits per heavy atom. The zero-order valence-corrected chi connectivity index (χ0v) is 11.5. The lowest BCUT2D eigenvalue weighted by molar-refractivity contribution is -0.120. The summed E-state index contributed by atoms with van der Waals surface area (Å²) in [5.41, 5.74) is 2.29. The minimum Gasteiger partial charge on any atom is -0.381 e. The van der Waals surface area contributed by atoms with E-state index in [9.17, 15) is 4.79 Å². The smallest absolute Gasteiger partial charge is 0.222 e. The Morgan fingerprint density at radius 3 is 3.06 bits per heavy atom. The van der Waals surface area contributed by atoms with Crippen LogP contribution in [-0.2, 0) is 4.79 Å². The van der Waals surface area contributed by atoms with Gasteiger partial charge in [0.05, 0.1) is 0 Å². The molecule has 1 amide bonds. The van der Waals surface area contributed by atoms with Crippen LogP contribution in [0.2, 0.25) is 0 Å². The third-order valence-electron chi connectivity index (χ3n) is 2.97. The number of anilines is 1. The summed E-state index contributed by atoms with van der Waals surface area (Å²) in [4.78, 5) is 11.5. The van der Waals surface area contributed by atoms with E-state index in [0.717, 1.165) is 29.5 Å². The number of hydrogen-bond acceptors (Lipinski definition) is 2. The van der Waals surface area contributed by atoms with Crippen molar-refractivity contribution < 1.29 is 4.79 Å². The molecular weight excluding hydrogens is 280 g/mol. The fraction of sp³-hybridized carbons (Fsp3) is 0.462. The number of amides is 1. The molecule has 1 aromatic rings. The van der Waals surface area contributed by atoms with Crippen LogP contribution in [0.5, 0.6) is 0 Å². The molecule has 17 heavy (non-hydrogen) atoms. The molecule has 1 saturated heterocycles. The van der Waals surface area contributed by atoms with E-state index in [1.807, 2.05) is 0 Å². The maximum Gasteiger partial charge on any atom is 0.222 e. The lowest BCUT2D eigenvalue weighted by Gasteiger charge is -2.18. The lowest BCUT2D eigenvalue weighted by atomic mass is 10.1. The Hall–Kier alpha value is -1.03. The highest BCUT2D eigenvalue weighted by Crippen LogP contribution is 2.25. The monoisotopic (exact) mass is 296 g/mol. The molecule has 1 aliphatic heterocycles. The second-order valence-corrected chi connectivity index (χ2v) is 5.38. The Bertz CT molecular complexity index is 420. The van der Waals surface area contributed by atoms with Gasteiger partial charge in [-0.2, -0.15) is 0 Å². The standard InChI is InChI=1S/C13H17BrN2O/c1-9-4-5-12(11(14)7-9)16-10-3-2-6-15-13(17)8-10/h4-5,7,10,16H,2-3,6,8H2,1H3,(H,15,17). The van der Waals surface area contributed by atoms with Crippen molar-refractivity contribution in [3.8, 4) is 0 Å². The molecule has 92 valence electrons. The highest BCUT2D eigenvalue weighted by Gasteiger charge is 2.17. The summed E-state index contributed by atoms with van der Waals surface area (Å²) in [6.07, 6.45) is 2.62. The first-order valence-corrected chi connectivity index (χ1v) is 6.74. The highest BCUT2D eigenvalue weighted by atomic mass is 79.9. The molecule has 0 bridgehead atoms. The molecule has 1 heterocycles. The number of benzene rings is 1. The fourth-order valence-electron chi connectivity index (χ4n) is 2.05. The maximum atomic E-state index is 11.5. The molecule has 1 aliphatic rings. The van der Waals surface area contributed by atoms with Crippen LogP contribution >= 0.6 is 15.9 Å². The molecule has 2 N–H and O–H groups in total. The van der Waals surface area contributed by atoms with E-state index in [-0.39, 0.29) is 11.9 Å². The van der Waals surface area contributed by atoms with Crippen molar-refractivity contribution in [1.29, 1.82) is 0 Å². The van der Waals surface area contributed by atoms with Gasteiger partial charge in [0.1, 0.15) is 0 Å². The van der Waals surface area contributed by atoms with Crippen LogP contribution in [0, 0.1) is 6.92 Å². The molecule has 3 nitrogen and oxygen atoms in total. The van der Waals surface area contributed by atoms with Gasteiger partial charge in [-0.1, -0.05) is 6.07 Å². The number of hydrogen-bond donors (Lipinski definition) is 2. The van der Waals surface area contributed by atoms with Gasteiger partial charge in [-0.05, 0) is 53.4 Å². The summed E-state index contributed by atoms with van der Waals surface area (Å²) in [7, 11) is 0. The number of nitrogens with one attached hydrogen (secondary N) is 2. The summed E-state index contributed by atoms with van der Waals surface area (Å²) in [5, 5.41) is 6.33. The molecule has 1 aromatic carbocycles. The van der Waals surface area contributed by atoms with E-state index in [1.54, 1.807) is 0 Å². The van der Waals surface area contributed by atoms with E-state index in [0.29, 0.717) is 6.42 Å². The van der Waals surface area contributed by atoms with E-state index >= 15 is 0 Å². The molecule has 1 atom stereocenters. The predicted octanol–water partition coefficient (Wildman–Crippen LogP) is 2.84. The van der Waals surface area contributed by atoms with Crippen LogP contribution in [-0.4, -0.2) is 18.5 Å². The SMILES string of the molecule is Cc1ccc(NC2CCCNC(=O)C2)c(Br)c1. The Morgan fingerprint density at radius 2 is 2.29 bits per heavy atom. The highest BCUT2D eigenvalue weighted by molar-refractivity contribution is 9.10. The topological polar surface area (TPSA) is 41.1 Å². The van der Waals surface area contributed by atoms with E-state index in [4.69, 9.17) is 0 Å². The second kappa shape index (κ2) is 5.54. The number of carbonyl (C=O) groups is 1. The first-order valence-electron chi connectivity index (χ1n) is 5.94.